The second kappa shape index (κ2) is 4.86. The summed E-state index contributed by atoms with van der Waals surface area (Å²) in [4.78, 5) is 4.50. The molecule has 1 aliphatic carbocycles. The molecule has 0 amide bonds. The highest BCUT2D eigenvalue weighted by atomic mass is 79.9. The number of aryl methyl sites for hydroxylation is 1. The molecule has 94 valence electrons. The Hall–Kier alpha value is -1.13. The van der Waals surface area contributed by atoms with E-state index in [9.17, 15) is 0 Å². The van der Waals surface area contributed by atoms with Crippen molar-refractivity contribution in [1.82, 2.24) is 10.3 Å². The average molecular weight is 307 g/mol. The van der Waals surface area contributed by atoms with Crippen molar-refractivity contribution < 1.29 is 4.42 Å². The van der Waals surface area contributed by atoms with Gasteiger partial charge in [-0.05, 0) is 37.5 Å². The van der Waals surface area contributed by atoms with Crippen molar-refractivity contribution in [1.29, 1.82) is 0 Å². The minimum Gasteiger partial charge on any atom is -0.444 e. The Morgan fingerprint density at radius 3 is 3.00 bits per heavy atom. The highest BCUT2D eigenvalue weighted by Crippen LogP contribution is 2.25. The van der Waals surface area contributed by atoms with Gasteiger partial charge in [0.05, 0.1) is 5.69 Å². The standard InChI is InChI=1S/C14H15BrN2O/c1-9-2-3-10(6-13(9)15)14-17-12(8-18-14)7-16-11-4-5-11/h2-3,6,8,11,16H,4-5,7H2,1H3. The van der Waals surface area contributed by atoms with E-state index in [4.69, 9.17) is 4.42 Å². The predicted octanol–water partition coefficient (Wildman–Crippen LogP) is 3.66. The highest BCUT2D eigenvalue weighted by molar-refractivity contribution is 9.10. The second-order valence-electron chi connectivity index (χ2n) is 4.76. The van der Waals surface area contributed by atoms with Gasteiger partial charge in [-0.25, -0.2) is 4.98 Å². The quantitative estimate of drug-likeness (QED) is 0.936. The molecule has 1 fully saturated rings. The van der Waals surface area contributed by atoms with Crippen LogP contribution in [0.5, 0.6) is 0 Å². The number of halogens is 1. The van der Waals surface area contributed by atoms with Gasteiger partial charge in [0.15, 0.2) is 0 Å². The van der Waals surface area contributed by atoms with Gasteiger partial charge in [0.1, 0.15) is 6.26 Å². The van der Waals surface area contributed by atoms with Gasteiger partial charge in [-0.15, -0.1) is 0 Å². The number of hydrogen-bond acceptors (Lipinski definition) is 3. The molecule has 0 saturated heterocycles. The van der Waals surface area contributed by atoms with Gasteiger partial charge in [-0.2, -0.15) is 0 Å². The number of benzene rings is 1. The predicted molar refractivity (Wildman–Crippen MR) is 74.2 cm³/mol. The molecule has 0 unspecified atom stereocenters. The van der Waals surface area contributed by atoms with Crippen LogP contribution in [0.3, 0.4) is 0 Å². The van der Waals surface area contributed by atoms with Crippen molar-refractivity contribution in [3.8, 4) is 11.5 Å². The van der Waals surface area contributed by atoms with E-state index >= 15 is 0 Å². The largest absolute Gasteiger partial charge is 0.444 e. The summed E-state index contributed by atoms with van der Waals surface area (Å²) in [5.74, 6) is 0.684. The fourth-order valence-electron chi connectivity index (χ4n) is 1.78. The Morgan fingerprint density at radius 1 is 1.44 bits per heavy atom. The van der Waals surface area contributed by atoms with Gasteiger partial charge in [0.25, 0.3) is 0 Å². The van der Waals surface area contributed by atoms with E-state index in [0.29, 0.717) is 11.9 Å². The van der Waals surface area contributed by atoms with Crippen LogP contribution in [0.1, 0.15) is 24.1 Å². The second-order valence-corrected chi connectivity index (χ2v) is 5.62. The Labute approximate surface area is 115 Å². The molecule has 18 heavy (non-hydrogen) atoms. The van der Waals surface area contributed by atoms with Crippen molar-refractivity contribution in [2.24, 2.45) is 0 Å². The molecule has 2 aromatic rings. The molecular weight excluding hydrogens is 292 g/mol. The zero-order valence-corrected chi connectivity index (χ0v) is 11.8. The third kappa shape index (κ3) is 2.65. The van der Waals surface area contributed by atoms with Crippen molar-refractivity contribution in [3.05, 3.63) is 40.2 Å². The minimum atomic E-state index is 0.684. The van der Waals surface area contributed by atoms with Crippen molar-refractivity contribution in [2.45, 2.75) is 32.4 Å². The zero-order chi connectivity index (χ0) is 12.5. The van der Waals surface area contributed by atoms with E-state index in [1.807, 2.05) is 12.1 Å². The summed E-state index contributed by atoms with van der Waals surface area (Å²) >= 11 is 3.53. The summed E-state index contributed by atoms with van der Waals surface area (Å²) < 4.78 is 6.61. The summed E-state index contributed by atoms with van der Waals surface area (Å²) in [6, 6.07) is 6.83. The van der Waals surface area contributed by atoms with E-state index in [1.165, 1.54) is 18.4 Å². The van der Waals surface area contributed by atoms with Crippen LogP contribution in [0.4, 0.5) is 0 Å². The molecule has 0 aliphatic heterocycles. The fraction of sp³-hybridized carbons (Fsp3) is 0.357. The van der Waals surface area contributed by atoms with Crippen LogP contribution in [0.15, 0.2) is 33.4 Å². The molecular formula is C14H15BrN2O. The molecule has 0 radical (unpaired) electrons. The molecule has 3 rings (SSSR count). The third-order valence-corrected chi connectivity index (χ3v) is 3.97. The maximum Gasteiger partial charge on any atom is 0.226 e. The first-order valence-electron chi connectivity index (χ1n) is 6.17. The van der Waals surface area contributed by atoms with Crippen LogP contribution >= 0.6 is 15.9 Å². The van der Waals surface area contributed by atoms with Gasteiger partial charge in [-0.3, -0.25) is 0 Å². The van der Waals surface area contributed by atoms with Crippen LogP contribution in [0.25, 0.3) is 11.5 Å². The summed E-state index contributed by atoms with van der Waals surface area (Å²) in [5.41, 5.74) is 3.18. The monoisotopic (exact) mass is 306 g/mol. The van der Waals surface area contributed by atoms with E-state index in [1.54, 1.807) is 6.26 Å². The molecule has 0 spiro atoms. The van der Waals surface area contributed by atoms with Crippen molar-refractivity contribution >= 4 is 15.9 Å². The van der Waals surface area contributed by atoms with Crippen LogP contribution in [-0.2, 0) is 6.54 Å². The Bertz CT molecular complexity index is 561. The lowest BCUT2D eigenvalue weighted by atomic mass is 10.1. The highest BCUT2D eigenvalue weighted by Gasteiger charge is 2.20. The number of rotatable bonds is 4. The minimum absolute atomic E-state index is 0.684. The van der Waals surface area contributed by atoms with Crippen molar-refractivity contribution in [3.63, 3.8) is 0 Å². The SMILES string of the molecule is Cc1ccc(-c2nc(CNC3CC3)co2)cc1Br. The molecule has 3 nitrogen and oxygen atoms in total. The molecule has 1 aromatic heterocycles. The average Bonchev–Trinajstić information content (AvgIpc) is 3.08. The van der Waals surface area contributed by atoms with E-state index in [-0.39, 0.29) is 0 Å². The Kier molecular flexibility index (Phi) is 3.22. The molecule has 1 saturated carbocycles. The Morgan fingerprint density at radius 2 is 2.28 bits per heavy atom. The van der Waals surface area contributed by atoms with Crippen LogP contribution in [0, 0.1) is 6.92 Å². The first-order chi connectivity index (χ1) is 8.72. The smallest absolute Gasteiger partial charge is 0.226 e. The van der Waals surface area contributed by atoms with E-state index in [2.05, 4.69) is 39.2 Å². The fourth-order valence-corrected chi connectivity index (χ4v) is 2.16. The number of oxazole rings is 1. The third-order valence-electron chi connectivity index (χ3n) is 3.12. The molecule has 1 aliphatic rings. The summed E-state index contributed by atoms with van der Waals surface area (Å²) in [6.07, 6.45) is 4.31. The van der Waals surface area contributed by atoms with Gasteiger partial charge in [0.2, 0.25) is 5.89 Å². The number of hydrogen-bond donors (Lipinski definition) is 1. The summed E-state index contributed by atoms with van der Waals surface area (Å²) in [5, 5.41) is 3.43. The number of nitrogens with zero attached hydrogens (tertiary/aromatic N) is 1. The van der Waals surface area contributed by atoms with Crippen LogP contribution in [-0.4, -0.2) is 11.0 Å². The number of aromatic nitrogens is 1. The lowest BCUT2D eigenvalue weighted by molar-refractivity contribution is 0.570. The molecule has 0 atom stereocenters. The summed E-state index contributed by atoms with van der Waals surface area (Å²) in [6.45, 7) is 2.86. The van der Waals surface area contributed by atoms with Gasteiger partial charge < -0.3 is 9.73 Å². The topological polar surface area (TPSA) is 38.1 Å². The summed E-state index contributed by atoms with van der Waals surface area (Å²) in [7, 11) is 0. The van der Waals surface area contributed by atoms with E-state index in [0.717, 1.165) is 22.3 Å². The molecule has 0 bridgehead atoms. The first kappa shape index (κ1) is 11.9. The van der Waals surface area contributed by atoms with E-state index < -0.39 is 0 Å². The lowest BCUT2D eigenvalue weighted by Gasteiger charge is -2.00. The zero-order valence-electron chi connectivity index (χ0n) is 10.2. The van der Waals surface area contributed by atoms with Crippen LogP contribution in [0.2, 0.25) is 0 Å². The van der Waals surface area contributed by atoms with Gasteiger partial charge >= 0.3 is 0 Å². The molecule has 1 N–H and O–H groups in total. The maximum absolute atomic E-state index is 5.53. The molecule has 4 heteroatoms. The van der Waals surface area contributed by atoms with Crippen LogP contribution < -0.4 is 5.32 Å². The normalized spacial score (nSPS) is 15.0. The van der Waals surface area contributed by atoms with Gasteiger partial charge in [-0.1, -0.05) is 22.0 Å². The number of nitrogens with one attached hydrogen (secondary N) is 1. The molecule has 1 aromatic carbocycles. The lowest BCUT2D eigenvalue weighted by Crippen LogP contribution is -2.15. The maximum atomic E-state index is 5.53. The van der Waals surface area contributed by atoms with Gasteiger partial charge in [0, 0.05) is 22.6 Å². The first-order valence-corrected chi connectivity index (χ1v) is 6.96. The van der Waals surface area contributed by atoms with Crippen molar-refractivity contribution in [2.75, 3.05) is 0 Å². The molecule has 1 heterocycles. The Balaban J connectivity index is 1.76.